The van der Waals surface area contributed by atoms with Crippen molar-refractivity contribution in [2.24, 2.45) is 0 Å². The molecule has 0 saturated carbocycles. The van der Waals surface area contributed by atoms with Crippen LogP contribution in [0.5, 0.6) is 5.88 Å². The van der Waals surface area contributed by atoms with Gasteiger partial charge in [-0.15, -0.1) is 0 Å². The lowest BCUT2D eigenvalue weighted by Crippen LogP contribution is -2.32. The largest absolute Gasteiger partial charge is 0.472 e. The molecule has 10 heteroatoms. The van der Waals surface area contributed by atoms with Crippen molar-refractivity contribution in [2.75, 3.05) is 17.3 Å². The van der Waals surface area contributed by atoms with Crippen LogP contribution < -0.4 is 20.3 Å². The number of anilines is 3. The molecule has 0 saturated heterocycles. The Balaban J connectivity index is 1.33. The van der Waals surface area contributed by atoms with Crippen molar-refractivity contribution in [1.82, 2.24) is 20.3 Å². The molecule has 2 heterocycles. The van der Waals surface area contributed by atoms with Crippen molar-refractivity contribution in [3.05, 3.63) is 101 Å². The normalized spacial score (nSPS) is 11.9. The van der Waals surface area contributed by atoms with Crippen LogP contribution in [0.2, 0.25) is 5.02 Å². The molecule has 0 spiro atoms. The Morgan fingerprint density at radius 2 is 1.74 bits per heavy atom. The zero-order chi connectivity index (χ0) is 30.1. The van der Waals surface area contributed by atoms with Crippen molar-refractivity contribution in [3.8, 4) is 5.88 Å². The second-order valence-corrected chi connectivity index (χ2v) is 11.4. The van der Waals surface area contributed by atoms with Gasteiger partial charge in [-0.25, -0.2) is 14.8 Å². The number of ether oxygens (including phenoxy) is 2. The number of aromatic nitrogens is 3. The minimum absolute atomic E-state index is 0.0526. The van der Waals surface area contributed by atoms with Crippen molar-refractivity contribution >= 4 is 35.1 Å². The SMILES string of the molecule is C[C@@H](Cc1cccc(CNC(=O)OC(C)(C)C)c1)Nc1nccc(N(C)c2cnc(OCc3ccccc3)c(Cl)c2)n1. The van der Waals surface area contributed by atoms with Crippen molar-refractivity contribution in [2.45, 2.75) is 58.9 Å². The van der Waals surface area contributed by atoms with Crippen LogP contribution in [0.1, 0.15) is 44.4 Å². The van der Waals surface area contributed by atoms with Gasteiger partial charge in [-0.05, 0) is 62.9 Å². The van der Waals surface area contributed by atoms with E-state index < -0.39 is 11.7 Å². The summed E-state index contributed by atoms with van der Waals surface area (Å²) in [5.41, 5.74) is 3.39. The van der Waals surface area contributed by atoms with E-state index in [-0.39, 0.29) is 6.04 Å². The summed E-state index contributed by atoms with van der Waals surface area (Å²) in [7, 11) is 1.89. The third-order valence-corrected chi connectivity index (χ3v) is 6.40. The number of nitrogens with one attached hydrogen (secondary N) is 2. The Labute approximate surface area is 252 Å². The Kier molecular flexibility index (Phi) is 10.2. The smallest absolute Gasteiger partial charge is 0.407 e. The molecule has 1 amide bonds. The molecule has 0 radical (unpaired) electrons. The van der Waals surface area contributed by atoms with E-state index in [9.17, 15) is 4.79 Å². The minimum Gasteiger partial charge on any atom is -0.472 e. The Hall–Kier alpha value is -4.37. The van der Waals surface area contributed by atoms with E-state index in [1.807, 2.05) is 81.2 Å². The minimum atomic E-state index is -0.534. The number of pyridine rings is 1. The van der Waals surface area contributed by atoms with Crippen LogP contribution in [0.4, 0.5) is 22.2 Å². The molecule has 4 rings (SSSR count). The van der Waals surface area contributed by atoms with Gasteiger partial charge < -0.3 is 25.0 Å². The summed E-state index contributed by atoms with van der Waals surface area (Å²) in [5, 5.41) is 6.61. The fraction of sp³-hybridized carbons (Fsp3) is 0.312. The number of benzene rings is 2. The van der Waals surface area contributed by atoms with Crippen molar-refractivity contribution < 1.29 is 14.3 Å². The van der Waals surface area contributed by atoms with Crippen LogP contribution in [0.15, 0.2) is 79.1 Å². The average Bonchev–Trinajstić information content (AvgIpc) is 2.95. The fourth-order valence-electron chi connectivity index (χ4n) is 4.15. The van der Waals surface area contributed by atoms with Crippen LogP contribution >= 0.6 is 11.6 Å². The van der Waals surface area contributed by atoms with E-state index in [1.54, 1.807) is 18.5 Å². The second-order valence-electron chi connectivity index (χ2n) is 11.0. The summed E-state index contributed by atoms with van der Waals surface area (Å²) in [5.74, 6) is 1.57. The first-order chi connectivity index (χ1) is 20.1. The quantitative estimate of drug-likeness (QED) is 0.194. The van der Waals surface area contributed by atoms with Crippen LogP contribution in [-0.2, 0) is 24.3 Å². The monoisotopic (exact) mass is 588 g/mol. The molecule has 0 aliphatic rings. The molecule has 2 aromatic carbocycles. The first-order valence-electron chi connectivity index (χ1n) is 13.8. The van der Waals surface area contributed by atoms with Gasteiger partial charge in [0.05, 0.1) is 11.9 Å². The average molecular weight is 589 g/mol. The van der Waals surface area contributed by atoms with E-state index in [0.717, 1.165) is 28.8 Å². The highest BCUT2D eigenvalue weighted by Gasteiger charge is 2.16. The summed E-state index contributed by atoms with van der Waals surface area (Å²) < 4.78 is 11.1. The Bertz CT molecular complexity index is 1480. The number of carbonyl (C=O) groups excluding carboxylic acids is 1. The van der Waals surface area contributed by atoms with E-state index in [1.165, 1.54) is 0 Å². The van der Waals surface area contributed by atoms with Crippen LogP contribution in [0.3, 0.4) is 0 Å². The molecule has 2 N–H and O–H groups in total. The van der Waals surface area contributed by atoms with E-state index >= 15 is 0 Å². The fourth-order valence-corrected chi connectivity index (χ4v) is 4.36. The standard InChI is InChI=1S/C32H37ClN6O3/c1-22(16-24-12-9-13-25(17-24)19-36-31(40)42-32(2,3)4)37-30-34-15-14-28(38-30)39(5)26-18-27(33)29(35-20-26)41-21-23-10-7-6-8-11-23/h6-15,17-18,20,22H,16,19,21H2,1-5H3,(H,36,40)(H,34,37,38)/t22-/m0/s1. The predicted octanol–water partition coefficient (Wildman–Crippen LogP) is 6.94. The van der Waals surface area contributed by atoms with Crippen LogP contribution in [0.25, 0.3) is 0 Å². The summed E-state index contributed by atoms with van der Waals surface area (Å²) in [6.45, 7) is 8.37. The topological polar surface area (TPSA) is 102 Å². The van der Waals surface area contributed by atoms with E-state index in [0.29, 0.717) is 35.8 Å². The number of rotatable bonds is 11. The molecular formula is C32H37ClN6O3. The zero-order valence-corrected chi connectivity index (χ0v) is 25.4. The molecule has 0 bridgehead atoms. The van der Waals surface area contributed by atoms with E-state index in [4.69, 9.17) is 26.1 Å². The first kappa shape index (κ1) is 30.6. The number of alkyl carbamates (subject to hydrolysis) is 1. The summed E-state index contributed by atoms with van der Waals surface area (Å²) >= 11 is 6.49. The first-order valence-corrected chi connectivity index (χ1v) is 14.1. The maximum atomic E-state index is 12.0. The summed E-state index contributed by atoms with van der Waals surface area (Å²) in [4.78, 5) is 27.4. The highest BCUT2D eigenvalue weighted by atomic mass is 35.5. The lowest BCUT2D eigenvalue weighted by molar-refractivity contribution is 0.0523. The number of carbonyl (C=O) groups is 1. The zero-order valence-electron chi connectivity index (χ0n) is 24.6. The molecular weight excluding hydrogens is 552 g/mol. The lowest BCUT2D eigenvalue weighted by Gasteiger charge is -2.20. The maximum Gasteiger partial charge on any atom is 0.407 e. The van der Waals surface area contributed by atoms with Gasteiger partial charge in [0, 0.05) is 25.8 Å². The maximum absolute atomic E-state index is 12.0. The van der Waals surface area contributed by atoms with Crippen LogP contribution in [0, 0.1) is 0 Å². The number of nitrogens with zero attached hydrogens (tertiary/aromatic N) is 4. The van der Waals surface area contributed by atoms with Crippen LogP contribution in [-0.4, -0.2) is 39.7 Å². The molecule has 4 aromatic rings. The molecule has 42 heavy (non-hydrogen) atoms. The molecule has 0 fully saturated rings. The van der Waals surface area contributed by atoms with Gasteiger partial charge >= 0.3 is 6.09 Å². The highest BCUT2D eigenvalue weighted by molar-refractivity contribution is 6.32. The van der Waals surface area contributed by atoms with Gasteiger partial charge in [0.25, 0.3) is 0 Å². The molecule has 2 aromatic heterocycles. The second kappa shape index (κ2) is 14.0. The van der Waals surface area contributed by atoms with Gasteiger partial charge in [-0.1, -0.05) is 66.2 Å². The molecule has 0 unspecified atom stereocenters. The van der Waals surface area contributed by atoms with E-state index in [2.05, 4.69) is 39.7 Å². The molecule has 0 aliphatic carbocycles. The van der Waals surface area contributed by atoms with Crippen molar-refractivity contribution in [3.63, 3.8) is 0 Å². The van der Waals surface area contributed by atoms with Gasteiger partial charge in [0.2, 0.25) is 11.8 Å². The Morgan fingerprint density at radius 1 is 1.00 bits per heavy atom. The Morgan fingerprint density at radius 3 is 2.48 bits per heavy atom. The van der Waals surface area contributed by atoms with Crippen molar-refractivity contribution in [1.29, 1.82) is 0 Å². The van der Waals surface area contributed by atoms with Gasteiger partial charge in [-0.3, -0.25) is 0 Å². The number of hydrogen-bond acceptors (Lipinski definition) is 8. The predicted molar refractivity (Wildman–Crippen MR) is 166 cm³/mol. The van der Waals surface area contributed by atoms with Gasteiger partial charge in [-0.2, -0.15) is 4.98 Å². The molecule has 0 aliphatic heterocycles. The third-order valence-electron chi connectivity index (χ3n) is 6.13. The van der Waals surface area contributed by atoms with Gasteiger partial charge in [0.15, 0.2) is 0 Å². The lowest BCUT2D eigenvalue weighted by atomic mass is 10.0. The molecule has 9 nitrogen and oxygen atoms in total. The number of hydrogen-bond donors (Lipinski definition) is 2. The molecule has 220 valence electrons. The molecule has 1 atom stereocenters. The third kappa shape index (κ3) is 9.34. The highest BCUT2D eigenvalue weighted by Crippen LogP contribution is 2.30. The van der Waals surface area contributed by atoms with Gasteiger partial charge in [0.1, 0.15) is 23.0 Å². The summed E-state index contributed by atoms with van der Waals surface area (Å²) in [6.07, 6.45) is 3.72. The summed E-state index contributed by atoms with van der Waals surface area (Å²) in [6, 6.07) is 21.6. The number of amides is 1. The number of halogens is 1.